The second kappa shape index (κ2) is 7.22. The molecule has 0 bridgehead atoms. The molecule has 0 saturated carbocycles. The first-order valence-corrected chi connectivity index (χ1v) is 7.59. The van der Waals surface area contributed by atoms with Crippen LogP contribution in [0.4, 0.5) is 0 Å². The van der Waals surface area contributed by atoms with Gasteiger partial charge in [-0.25, -0.2) is 0 Å². The summed E-state index contributed by atoms with van der Waals surface area (Å²) in [6, 6.07) is 9.42. The SMILES string of the molecule is CCCCC(=O)N1CCCC(C(=O)c2ccccc2)C1. The minimum absolute atomic E-state index is 0.0308. The number of amides is 1. The molecule has 0 radical (unpaired) electrons. The lowest BCUT2D eigenvalue weighted by Crippen LogP contribution is -2.42. The van der Waals surface area contributed by atoms with Crippen molar-refractivity contribution in [1.29, 1.82) is 0 Å². The maximum Gasteiger partial charge on any atom is 0.222 e. The summed E-state index contributed by atoms with van der Waals surface area (Å²) in [4.78, 5) is 26.4. The van der Waals surface area contributed by atoms with Gasteiger partial charge in [0.15, 0.2) is 5.78 Å². The van der Waals surface area contributed by atoms with Gasteiger partial charge in [0, 0.05) is 31.0 Å². The monoisotopic (exact) mass is 273 g/mol. The Morgan fingerprint density at radius 2 is 2.00 bits per heavy atom. The van der Waals surface area contributed by atoms with Crippen LogP contribution in [0.2, 0.25) is 0 Å². The molecule has 0 N–H and O–H groups in total. The van der Waals surface area contributed by atoms with Gasteiger partial charge in [0.25, 0.3) is 0 Å². The van der Waals surface area contributed by atoms with Crippen LogP contribution in [0.5, 0.6) is 0 Å². The van der Waals surface area contributed by atoms with Crippen molar-refractivity contribution in [1.82, 2.24) is 4.90 Å². The number of nitrogens with zero attached hydrogens (tertiary/aromatic N) is 1. The minimum atomic E-state index is -0.0308. The number of rotatable bonds is 5. The Morgan fingerprint density at radius 3 is 2.70 bits per heavy atom. The number of piperidine rings is 1. The van der Waals surface area contributed by atoms with E-state index < -0.39 is 0 Å². The van der Waals surface area contributed by atoms with Gasteiger partial charge in [0.2, 0.25) is 5.91 Å². The smallest absolute Gasteiger partial charge is 0.222 e. The number of hydrogen-bond donors (Lipinski definition) is 0. The predicted molar refractivity (Wildman–Crippen MR) is 79.6 cm³/mol. The fourth-order valence-corrected chi connectivity index (χ4v) is 2.74. The van der Waals surface area contributed by atoms with Crippen LogP contribution in [0.25, 0.3) is 0 Å². The highest BCUT2D eigenvalue weighted by Crippen LogP contribution is 2.21. The van der Waals surface area contributed by atoms with Gasteiger partial charge in [-0.3, -0.25) is 9.59 Å². The van der Waals surface area contributed by atoms with E-state index in [2.05, 4.69) is 6.92 Å². The van der Waals surface area contributed by atoms with Crippen LogP contribution in [0, 0.1) is 5.92 Å². The summed E-state index contributed by atoms with van der Waals surface area (Å²) >= 11 is 0. The predicted octanol–water partition coefficient (Wildman–Crippen LogP) is 3.30. The molecule has 20 heavy (non-hydrogen) atoms. The second-order valence-electron chi connectivity index (χ2n) is 5.51. The highest BCUT2D eigenvalue weighted by molar-refractivity contribution is 5.98. The molecule has 1 saturated heterocycles. The van der Waals surface area contributed by atoms with Gasteiger partial charge >= 0.3 is 0 Å². The van der Waals surface area contributed by atoms with Gasteiger partial charge in [-0.2, -0.15) is 0 Å². The highest BCUT2D eigenvalue weighted by atomic mass is 16.2. The first-order chi connectivity index (χ1) is 9.72. The molecule has 0 aliphatic carbocycles. The molecule has 3 nitrogen and oxygen atoms in total. The van der Waals surface area contributed by atoms with Crippen molar-refractivity contribution in [2.45, 2.75) is 39.0 Å². The number of unbranched alkanes of at least 4 members (excludes halogenated alkanes) is 1. The molecule has 1 aromatic rings. The zero-order chi connectivity index (χ0) is 14.4. The lowest BCUT2D eigenvalue weighted by atomic mass is 9.90. The number of ketones is 1. The van der Waals surface area contributed by atoms with Crippen molar-refractivity contribution < 1.29 is 9.59 Å². The lowest BCUT2D eigenvalue weighted by Gasteiger charge is -2.32. The van der Waals surface area contributed by atoms with Crippen LogP contribution in [0.3, 0.4) is 0 Å². The third-order valence-corrected chi connectivity index (χ3v) is 3.95. The van der Waals surface area contributed by atoms with E-state index in [-0.39, 0.29) is 17.6 Å². The third kappa shape index (κ3) is 3.69. The van der Waals surface area contributed by atoms with Gasteiger partial charge in [-0.1, -0.05) is 43.7 Å². The van der Waals surface area contributed by atoms with Crippen LogP contribution in [0.1, 0.15) is 49.4 Å². The van der Waals surface area contributed by atoms with Crippen molar-refractivity contribution in [3.8, 4) is 0 Å². The molecule has 1 aliphatic rings. The van der Waals surface area contributed by atoms with E-state index >= 15 is 0 Å². The van der Waals surface area contributed by atoms with Crippen molar-refractivity contribution in [2.24, 2.45) is 5.92 Å². The summed E-state index contributed by atoms with van der Waals surface area (Å²) in [5, 5.41) is 0. The molecule has 1 aromatic carbocycles. The molecule has 2 rings (SSSR count). The highest BCUT2D eigenvalue weighted by Gasteiger charge is 2.28. The summed E-state index contributed by atoms with van der Waals surface area (Å²) in [5.41, 5.74) is 0.764. The first-order valence-electron chi connectivity index (χ1n) is 7.59. The van der Waals surface area contributed by atoms with Gasteiger partial charge in [-0.15, -0.1) is 0 Å². The maximum absolute atomic E-state index is 12.4. The molecule has 3 heteroatoms. The topological polar surface area (TPSA) is 37.4 Å². The Morgan fingerprint density at radius 1 is 1.25 bits per heavy atom. The number of carbonyl (C=O) groups is 2. The molecule has 0 aromatic heterocycles. The molecule has 1 fully saturated rings. The molecule has 1 amide bonds. The van der Waals surface area contributed by atoms with E-state index in [0.717, 1.165) is 37.8 Å². The van der Waals surface area contributed by atoms with Crippen molar-refractivity contribution in [3.05, 3.63) is 35.9 Å². The Labute approximate surface area is 121 Å². The van der Waals surface area contributed by atoms with E-state index in [1.807, 2.05) is 35.2 Å². The van der Waals surface area contributed by atoms with E-state index in [1.54, 1.807) is 0 Å². The van der Waals surface area contributed by atoms with Gasteiger partial charge in [0.05, 0.1) is 0 Å². The normalized spacial score (nSPS) is 18.9. The summed E-state index contributed by atoms with van der Waals surface area (Å²) < 4.78 is 0. The van der Waals surface area contributed by atoms with Crippen LogP contribution >= 0.6 is 0 Å². The van der Waals surface area contributed by atoms with Gasteiger partial charge in [0.1, 0.15) is 0 Å². The van der Waals surface area contributed by atoms with Crippen molar-refractivity contribution in [3.63, 3.8) is 0 Å². The largest absolute Gasteiger partial charge is 0.342 e. The Hall–Kier alpha value is -1.64. The Bertz CT molecular complexity index is 455. The number of likely N-dealkylation sites (tertiary alicyclic amines) is 1. The summed E-state index contributed by atoms with van der Waals surface area (Å²) in [5.74, 6) is 0.354. The zero-order valence-corrected chi connectivity index (χ0v) is 12.2. The lowest BCUT2D eigenvalue weighted by molar-refractivity contribution is -0.132. The second-order valence-corrected chi connectivity index (χ2v) is 5.51. The fourth-order valence-electron chi connectivity index (χ4n) is 2.74. The summed E-state index contributed by atoms with van der Waals surface area (Å²) in [6.07, 6.45) is 4.41. The Balaban J connectivity index is 1.96. The van der Waals surface area contributed by atoms with E-state index in [0.29, 0.717) is 13.0 Å². The zero-order valence-electron chi connectivity index (χ0n) is 12.2. The van der Waals surface area contributed by atoms with E-state index in [1.165, 1.54) is 0 Å². The first kappa shape index (κ1) is 14.8. The average Bonchev–Trinajstić information content (AvgIpc) is 2.52. The molecule has 1 aliphatic heterocycles. The number of carbonyl (C=O) groups excluding carboxylic acids is 2. The minimum Gasteiger partial charge on any atom is -0.342 e. The molecular formula is C17H23NO2. The van der Waals surface area contributed by atoms with Gasteiger partial charge < -0.3 is 4.90 Å². The number of benzene rings is 1. The van der Waals surface area contributed by atoms with Gasteiger partial charge in [-0.05, 0) is 19.3 Å². The quantitative estimate of drug-likeness (QED) is 0.772. The molecular weight excluding hydrogens is 250 g/mol. The van der Waals surface area contributed by atoms with Crippen molar-refractivity contribution in [2.75, 3.05) is 13.1 Å². The molecule has 1 unspecified atom stereocenters. The summed E-state index contributed by atoms with van der Waals surface area (Å²) in [6.45, 7) is 3.49. The Kier molecular flexibility index (Phi) is 5.33. The van der Waals surface area contributed by atoms with Crippen LogP contribution < -0.4 is 0 Å². The molecule has 1 heterocycles. The van der Waals surface area contributed by atoms with Crippen molar-refractivity contribution >= 4 is 11.7 Å². The van der Waals surface area contributed by atoms with Crippen LogP contribution in [-0.4, -0.2) is 29.7 Å². The fraction of sp³-hybridized carbons (Fsp3) is 0.529. The number of hydrogen-bond acceptors (Lipinski definition) is 2. The standard InChI is InChI=1S/C17H23NO2/c1-2-3-11-16(19)18-12-7-10-15(13-18)17(20)14-8-5-4-6-9-14/h4-6,8-9,15H,2-3,7,10-13H2,1H3. The molecule has 1 atom stereocenters. The van der Waals surface area contributed by atoms with E-state index in [4.69, 9.17) is 0 Å². The average molecular weight is 273 g/mol. The third-order valence-electron chi connectivity index (χ3n) is 3.95. The van der Waals surface area contributed by atoms with Crippen LogP contribution in [-0.2, 0) is 4.79 Å². The number of Topliss-reactive ketones (excluding diaryl/α,β-unsaturated/α-hetero) is 1. The maximum atomic E-state index is 12.4. The molecule has 108 valence electrons. The molecule has 0 spiro atoms. The van der Waals surface area contributed by atoms with E-state index in [9.17, 15) is 9.59 Å². The summed E-state index contributed by atoms with van der Waals surface area (Å²) in [7, 11) is 0. The van der Waals surface area contributed by atoms with Crippen LogP contribution in [0.15, 0.2) is 30.3 Å².